The first-order chi connectivity index (χ1) is 12.0. The third-order valence-electron chi connectivity index (χ3n) is 5.92. The highest BCUT2D eigenvalue weighted by Crippen LogP contribution is 2.62. The van der Waals surface area contributed by atoms with E-state index >= 15 is 0 Å². The molecule has 0 saturated heterocycles. The molecule has 1 aliphatic heterocycles. The molecule has 3 rings (SSSR count). The summed E-state index contributed by atoms with van der Waals surface area (Å²) in [5.74, 6) is 0.443. The highest BCUT2D eigenvalue weighted by atomic mass is 35.5. The molecule has 2 atom stereocenters. The fraction of sp³-hybridized carbons (Fsp3) is 0.550. The zero-order chi connectivity index (χ0) is 19.3. The molecule has 0 bridgehead atoms. The van der Waals surface area contributed by atoms with Gasteiger partial charge in [0.05, 0.1) is 13.7 Å². The Balaban J connectivity index is 2.03. The largest absolute Gasteiger partial charge is 0.497 e. The number of methoxy groups -OCH3 is 1. The van der Waals surface area contributed by atoms with Crippen molar-refractivity contribution in [1.82, 2.24) is 4.90 Å². The summed E-state index contributed by atoms with van der Waals surface area (Å²) in [6.45, 7) is 6.63. The molecule has 0 N–H and O–H groups in total. The van der Waals surface area contributed by atoms with Crippen molar-refractivity contribution in [3.05, 3.63) is 41.6 Å². The molecule has 1 aliphatic carbocycles. The van der Waals surface area contributed by atoms with E-state index in [2.05, 4.69) is 13.8 Å². The third kappa shape index (κ3) is 2.93. The Hall–Kier alpha value is -0.900. The van der Waals surface area contributed by atoms with Crippen molar-refractivity contribution in [2.45, 2.75) is 49.9 Å². The highest BCUT2D eigenvalue weighted by Gasteiger charge is 2.64. The van der Waals surface area contributed by atoms with E-state index < -0.39 is 9.75 Å². The molecule has 1 heterocycles. The lowest BCUT2D eigenvalue weighted by molar-refractivity contribution is -0.134. The van der Waals surface area contributed by atoms with Crippen LogP contribution in [0.5, 0.6) is 5.75 Å². The zero-order valence-electron chi connectivity index (χ0n) is 15.5. The van der Waals surface area contributed by atoms with Crippen molar-refractivity contribution >= 4 is 40.7 Å². The molecular weight excluding hydrogens is 393 g/mol. The zero-order valence-corrected chi connectivity index (χ0v) is 17.8. The number of hydrogen-bond acceptors (Lipinski definition) is 2. The lowest BCUT2D eigenvalue weighted by atomic mass is 9.57. The average molecular weight is 417 g/mol. The van der Waals surface area contributed by atoms with Gasteiger partial charge in [-0.05, 0) is 41.5 Å². The lowest BCUT2D eigenvalue weighted by Gasteiger charge is -2.56. The van der Waals surface area contributed by atoms with Crippen molar-refractivity contribution in [3.63, 3.8) is 0 Å². The minimum Gasteiger partial charge on any atom is -0.497 e. The standard InChI is InChI=1S/C20H24Cl3NO2/c1-18(2)10-9-16(21)19(3)15(18)12-24(17(25)20(19,22)23)11-13-5-7-14(26-4)8-6-13/h5-8,12,16H,9-11H2,1-4H3/t16-,19-/m0/s1. The summed E-state index contributed by atoms with van der Waals surface area (Å²) >= 11 is 20.0. The quantitative estimate of drug-likeness (QED) is 0.606. The minimum absolute atomic E-state index is 0.131. The molecule has 0 spiro atoms. The van der Waals surface area contributed by atoms with Gasteiger partial charge in [0, 0.05) is 17.0 Å². The molecule has 0 radical (unpaired) electrons. The Bertz CT molecular complexity index is 742. The second kappa shape index (κ2) is 6.61. The van der Waals surface area contributed by atoms with Crippen molar-refractivity contribution in [3.8, 4) is 5.75 Å². The van der Waals surface area contributed by atoms with Crippen LogP contribution in [0.25, 0.3) is 0 Å². The lowest BCUT2D eigenvalue weighted by Crippen LogP contribution is -2.61. The maximum Gasteiger partial charge on any atom is 0.264 e. The van der Waals surface area contributed by atoms with Gasteiger partial charge in [-0.2, -0.15) is 0 Å². The van der Waals surface area contributed by atoms with Crippen LogP contribution >= 0.6 is 34.8 Å². The van der Waals surface area contributed by atoms with Gasteiger partial charge < -0.3 is 9.64 Å². The van der Waals surface area contributed by atoms with Gasteiger partial charge in [0.1, 0.15) is 5.75 Å². The Labute approximate surface area is 170 Å². The van der Waals surface area contributed by atoms with Crippen LogP contribution in [0.15, 0.2) is 36.0 Å². The van der Waals surface area contributed by atoms with Crippen molar-refractivity contribution in [2.75, 3.05) is 7.11 Å². The number of allylic oxidation sites excluding steroid dienone is 1. The van der Waals surface area contributed by atoms with Crippen LogP contribution in [0.4, 0.5) is 0 Å². The van der Waals surface area contributed by atoms with E-state index in [0.717, 1.165) is 29.7 Å². The number of benzene rings is 1. The number of amides is 1. The summed E-state index contributed by atoms with van der Waals surface area (Å²) in [5.41, 5.74) is 1.08. The van der Waals surface area contributed by atoms with Crippen LogP contribution in [0.1, 0.15) is 39.2 Å². The number of ether oxygens (including phenoxy) is 1. The van der Waals surface area contributed by atoms with Crippen LogP contribution in [-0.4, -0.2) is 27.6 Å². The fourth-order valence-corrected chi connectivity index (χ4v) is 5.31. The van der Waals surface area contributed by atoms with Gasteiger partial charge in [-0.1, -0.05) is 56.1 Å². The molecule has 26 heavy (non-hydrogen) atoms. The Morgan fingerprint density at radius 2 is 1.81 bits per heavy atom. The normalized spacial score (nSPS) is 29.8. The first-order valence-electron chi connectivity index (χ1n) is 8.72. The van der Waals surface area contributed by atoms with Crippen molar-refractivity contribution in [1.29, 1.82) is 0 Å². The number of hydrogen-bond donors (Lipinski definition) is 0. The summed E-state index contributed by atoms with van der Waals surface area (Å²) in [6, 6.07) is 7.60. The Morgan fingerprint density at radius 1 is 1.19 bits per heavy atom. The summed E-state index contributed by atoms with van der Waals surface area (Å²) in [5, 5.41) is -0.288. The number of carbonyl (C=O) groups excluding carboxylic acids is 1. The van der Waals surface area contributed by atoms with Crippen LogP contribution in [0, 0.1) is 10.8 Å². The molecule has 0 unspecified atom stereocenters. The van der Waals surface area contributed by atoms with E-state index in [-0.39, 0.29) is 16.7 Å². The maximum atomic E-state index is 13.1. The fourth-order valence-electron chi connectivity index (χ4n) is 4.12. The number of carbonyl (C=O) groups is 1. The molecule has 1 amide bonds. The number of fused-ring (bicyclic) bond motifs is 1. The van der Waals surface area contributed by atoms with Gasteiger partial charge >= 0.3 is 0 Å². The molecule has 6 heteroatoms. The van der Waals surface area contributed by atoms with E-state index in [1.807, 2.05) is 37.4 Å². The second-order valence-electron chi connectivity index (χ2n) is 7.99. The summed E-state index contributed by atoms with van der Waals surface area (Å²) < 4.78 is 3.58. The van der Waals surface area contributed by atoms with Gasteiger partial charge in [-0.3, -0.25) is 4.79 Å². The number of rotatable bonds is 3. The predicted octanol–water partition coefficient (Wildman–Crippen LogP) is 5.53. The monoisotopic (exact) mass is 415 g/mol. The molecule has 2 aliphatic rings. The number of halogens is 3. The van der Waals surface area contributed by atoms with E-state index in [4.69, 9.17) is 39.5 Å². The minimum atomic E-state index is -1.60. The topological polar surface area (TPSA) is 29.5 Å². The first kappa shape index (κ1) is 19.9. The molecule has 1 fully saturated rings. The molecule has 3 nitrogen and oxygen atoms in total. The molecular formula is C20H24Cl3NO2. The van der Waals surface area contributed by atoms with Crippen LogP contribution in [0.2, 0.25) is 0 Å². The van der Waals surface area contributed by atoms with E-state index in [1.165, 1.54) is 0 Å². The molecule has 1 saturated carbocycles. The van der Waals surface area contributed by atoms with E-state index in [1.54, 1.807) is 12.0 Å². The van der Waals surface area contributed by atoms with Gasteiger partial charge in [0.25, 0.3) is 5.91 Å². The second-order valence-corrected chi connectivity index (χ2v) is 9.84. The molecule has 0 aromatic heterocycles. The van der Waals surface area contributed by atoms with Gasteiger partial charge in [0.2, 0.25) is 4.33 Å². The van der Waals surface area contributed by atoms with Gasteiger partial charge in [-0.25, -0.2) is 0 Å². The molecule has 142 valence electrons. The van der Waals surface area contributed by atoms with Crippen LogP contribution < -0.4 is 4.74 Å². The average Bonchev–Trinajstić information content (AvgIpc) is 2.60. The maximum absolute atomic E-state index is 13.1. The summed E-state index contributed by atoms with van der Waals surface area (Å²) in [6.07, 6.45) is 3.62. The van der Waals surface area contributed by atoms with Gasteiger partial charge in [0.15, 0.2) is 0 Å². The predicted molar refractivity (Wildman–Crippen MR) is 107 cm³/mol. The number of nitrogens with zero attached hydrogens (tertiary/aromatic N) is 1. The third-order valence-corrected chi connectivity index (χ3v) is 7.68. The molecule has 1 aromatic rings. The molecule has 1 aromatic carbocycles. The SMILES string of the molecule is COc1ccc(CN2C=C3C(C)(C)CC[C@H](Cl)[C@@]3(C)C(Cl)(Cl)C2=O)cc1. The summed E-state index contributed by atoms with van der Waals surface area (Å²) in [4.78, 5) is 14.7. The summed E-state index contributed by atoms with van der Waals surface area (Å²) in [7, 11) is 1.62. The number of alkyl halides is 3. The van der Waals surface area contributed by atoms with E-state index in [9.17, 15) is 4.79 Å². The van der Waals surface area contributed by atoms with Gasteiger partial charge in [-0.15, -0.1) is 11.6 Å². The van der Waals surface area contributed by atoms with Crippen molar-refractivity contribution < 1.29 is 9.53 Å². The highest BCUT2D eigenvalue weighted by molar-refractivity contribution is 6.59. The Kier molecular flexibility index (Phi) is 5.05. The first-order valence-corrected chi connectivity index (χ1v) is 9.92. The van der Waals surface area contributed by atoms with Crippen molar-refractivity contribution in [2.24, 2.45) is 10.8 Å². The smallest absolute Gasteiger partial charge is 0.264 e. The van der Waals surface area contributed by atoms with E-state index in [0.29, 0.717) is 6.54 Å². The van der Waals surface area contributed by atoms with Crippen LogP contribution in [0.3, 0.4) is 0 Å². The van der Waals surface area contributed by atoms with Crippen LogP contribution in [-0.2, 0) is 11.3 Å². The Morgan fingerprint density at radius 3 is 2.38 bits per heavy atom.